The van der Waals surface area contributed by atoms with Crippen molar-refractivity contribution in [1.82, 2.24) is 9.97 Å². The van der Waals surface area contributed by atoms with Crippen molar-refractivity contribution < 1.29 is 4.74 Å². The van der Waals surface area contributed by atoms with Gasteiger partial charge in [0, 0.05) is 30.9 Å². The van der Waals surface area contributed by atoms with Crippen LogP contribution >= 0.6 is 12.2 Å². The molecule has 0 aliphatic carbocycles. The van der Waals surface area contributed by atoms with Gasteiger partial charge in [0.1, 0.15) is 0 Å². The Morgan fingerprint density at radius 2 is 2.07 bits per heavy atom. The summed E-state index contributed by atoms with van der Waals surface area (Å²) in [7, 11) is 0. The third-order valence-corrected chi connectivity index (χ3v) is 2.65. The smallest absolute Gasteiger partial charge is 0.251 e. The van der Waals surface area contributed by atoms with Gasteiger partial charge >= 0.3 is 0 Å². The van der Waals surface area contributed by atoms with Crippen LogP contribution in [0, 0.1) is 4.77 Å². The molecule has 0 atom stereocenters. The first-order valence-corrected chi connectivity index (χ1v) is 5.08. The number of rotatable bonds is 1. The van der Waals surface area contributed by atoms with Crippen LogP contribution in [-0.4, -0.2) is 23.2 Å². The molecule has 0 bridgehead atoms. The van der Waals surface area contributed by atoms with Crippen LogP contribution < -0.4 is 5.56 Å². The topological polar surface area (TPSA) is 57.9 Å². The highest BCUT2D eigenvalue weighted by Gasteiger charge is 2.16. The van der Waals surface area contributed by atoms with E-state index in [2.05, 4.69) is 9.97 Å². The molecule has 1 saturated heterocycles. The van der Waals surface area contributed by atoms with E-state index in [1.54, 1.807) is 6.07 Å². The van der Waals surface area contributed by atoms with Crippen molar-refractivity contribution in [2.45, 2.75) is 18.8 Å². The monoisotopic (exact) mass is 212 g/mol. The largest absolute Gasteiger partial charge is 0.381 e. The van der Waals surface area contributed by atoms with Gasteiger partial charge in [-0.1, -0.05) is 0 Å². The molecule has 1 aliphatic heterocycles. The van der Waals surface area contributed by atoms with Crippen molar-refractivity contribution in [3.8, 4) is 0 Å². The van der Waals surface area contributed by atoms with Gasteiger partial charge in [-0.05, 0) is 25.1 Å². The van der Waals surface area contributed by atoms with Gasteiger partial charge in [0.05, 0.1) is 0 Å². The second-order valence-electron chi connectivity index (χ2n) is 3.43. The Balaban J connectivity index is 2.30. The van der Waals surface area contributed by atoms with Gasteiger partial charge in [-0.2, -0.15) is 0 Å². The normalized spacial score (nSPS) is 18.3. The van der Waals surface area contributed by atoms with Crippen LogP contribution in [-0.2, 0) is 4.74 Å². The van der Waals surface area contributed by atoms with E-state index in [-0.39, 0.29) is 5.56 Å². The lowest BCUT2D eigenvalue weighted by Crippen LogP contribution is -2.18. The molecule has 2 rings (SSSR count). The summed E-state index contributed by atoms with van der Waals surface area (Å²) >= 11 is 4.91. The van der Waals surface area contributed by atoms with Crippen molar-refractivity contribution in [2.24, 2.45) is 0 Å². The number of H-pyrrole nitrogens is 2. The van der Waals surface area contributed by atoms with Crippen molar-refractivity contribution >= 4 is 12.2 Å². The van der Waals surface area contributed by atoms with Crippen LogP contribution in [0.5, 0.6) is 0 Å². The fourth-order valence-corrected chi connectivity index (χ4v) is 1.93. The molecule has 1 aliphatic rings. The Morgan fingerprint density at radius 1 is 1.36 bits per heavy atom. The molecule has 0 unspecified atom stereocenters. The lowest BCUT2D eigenvalue weighted by Gasteiger charge is -2.21. The average molecular weight is 212 g/mol. The molecule has 0 spiro atoms. The quantitative estimate of drug-likeness (QED) is 0.690. The van der Waals surface area contributed by atoms with E-state index in [0.717, 1.165) is 31.7 Å². The molecular weight excluding hydrogens is 200 g/mol. The van der Waals surface area contributed by atoms with E-state index >= 15 is 0 Å². The molecule has 0 saturated carbocycles. The van der Waals surface area contributed by atoms with Crippen molar-refractivity contribution in [2.75, 3.05) is 13.2 Å². The van der Waals surface area contributed by atoms with Crippen molar-refractivity contribution in [3.05, 3.63) is 26.9 Å². The van der Waals surface area contributed by atoms with E-state index in [4.69, 9.17) is 17.0 Å². The first-order chi connectivity index (χ1) is 6.75. The maximum Gasteiger partial charge on any atom is 0.251 e. The Kier molecular flexibility index (Phi) is 2.79. The van der Waals surface area contributed by atoms with Crippen LogP contribution in [0.4, 0.5) is 0 Å². The number of nitrogens with one attached hydrogen (secondary N) is 2. The predicted molar refractivity (Wildman–Crippen MR) is 55.0 cm³/mol. The van der Waals surface area contributed by atoms with E-state index < -0.39 is 0 Å². The van der Waals surface area contributed by atoms with E-state index in [1.807, 2.05) is 0 Å². The summed E-state index contributed by atoms with van der Waals surface area (Å²) < 4.78 is 5.66. The molecule has 1 aromatic heterocycles. The molecule has 4 nitrogen and oxygen atoms in total. The molecule has 0 radical (unpaired) electrons. The lowest BCUT2D eigenvalue weighted by atomic mass is 9.96. The summed E-state index contributed by atoms with van der Waals surface area (Å²) in [5, 5.41) is 0. The molecule has 14 heavy (non-hydrogen) atoms. The molecule has 76 valence electrons. The van der Waals surface area contributed by atoms with Crippen molar-refractivity contribution in [3.63, 3.8) is 0 Å². The Labute approximate surface area is 86.3 Å². The standard InChI is InChI=1S/C9H12N2O2S/c12-8-5-7(10-9(14)11-8)6-1-3-13-4-2-6/h5-6H,1-4H2,(H2,10,11,12,14). The zero-order chi connectivity index (χ0) is 9.97. The van der Waals surface area contributed by atoms with Gasteiger partial charge < -0.3 is 9.72 Å². The number of aromatic nitrogens is 2. The maximum atomic E-state index is 11.2. The predicted octanol–water partition coefficient (Wildman–Crippen LogP) is 1.33. The minimum absolute atomic E-state index is 0.129. The molecule has 1 fully saturated rings. The Morgan fingerprint density at radius 3 is 2.71 bits per heavy atom. The highest BCUT2D eigenvalue weighted by Crippen LogP contribution is 2.23. The van der Waals surface area contributed by atoms with Crippen LogP contribution in [0.25, 0.3) is 0 Å². The zero-order valence-electron chi connectivity index (χ0n) is 7.71. The Bertz CT molecular complexity index is 389. The minimum Gasteiger partial charge on any atom is -0.381 e. The molecule has 2 N–H and O–H groups in total. The summed E-state index contributed by atoms with van der Waals surface area (Å²) in [6.07, 6.45) is 1.91. The second-order valence-corrected chi connectivity index (χ2v) is 3.84. The highest BCUT2D eigenvalue weighted by atomic mass is 32.1. The fraction of sp³-hybridized carbons (Fsp3) is 0.556. The maximum absolute atomic E-state index is 11.2. The number of aromatic amines is 2. The lowest BCUT2D eigenvalue weighted by molar-refractivity contribution is 0.0844. The summed E-state index contributed by atoms with van der Waals surface area (Å²) in [4.78, 5) is 16.7. The van der Waals surface area contributed by atoms with Gasteiger partial charge in [-0.15, -0.1) is 0 Å². The fourth-order valence-electron chi connectivity index (χ4n) is 1.72. The van der Waals surface area contributed by atoms with Gasteiger partial charge in [0.2, 0.25) is 0 Å². The van der Waals surface area contributed by atoms with E-state index in [0.29, 0.717) is 10.7 Å². The summed E-state index contributed by atoms with van der Waals surface area (Å²) in [5.41, 5.74) is 0.803. The van der Waals surface area contributed by atoms with Gasteiger partial charge in [0.15, 0.2) is 4.77 Å². The SMILES string of the molecule is O=c1cc(C2CCOCC2)[nH]c(=S)[nH]1. The number of hydrogen-bond donors (Lipinski definition) is 2. The van der Waals surface area contributed by atoms with Gasteiger partial charge in [-0.3, -0.25) is 9.78 Å². The number of hydrogen-bond acceptors (Lipinski definition) is 3. The van der Waals surface area contributed by atoms with Gasteiger partial charge in [-0.25, -0.2) is 0 Å². The average Bonchev–Trinajstić information content (AvgIpc) is 2.18. The molecule has 5 heteroatoms. The van der Waals surface area contributed by atoms with Crippen LogP contribution in [0.1, 0.15) is 24.5 Å². The zero-order valence-corrected chi connectivity index (χ0v) is 8.52. The highest BCUT2D eigenvalue weighted by molar-refractivity contribution is 7.71. The first-order valence-electron chi connectivity index (χ1n) is 4.67. The number of ether oxygens (including phenoxy) is 1. The van der Waals surface area contributed by atoms with Crippen LogP contribution in [0.3, 0.4) is 0 Å². The first kappa shape index (κ1) is 9.61. The molecule has 2 heterocycles. The summed E-state index contributed by atoms with van der Waals surface area (Å²) in [5.74, 6) is 0.382. The molecule has 1 aromatic rings. The molecular formula is C9H12N2O2S. The molecule has 0 amide bonds. The van der Waals surface area contributed by atoms with Gasteiger partial charge in [0.25, 0.3) is 5.56 Å². The summed E-state index contributed by atoms with van der Waals surface area (Å²) in [6, 6.07) is 1.59. The second kappa shape index (κ2) is 4.06. The molecule has 0 aromatic carbocycles. The van der Waals surface area contributed by atoms with E-state index in [1.165, 1.54) is 0 Å². The van der Waals surface area contributed by atoms with Crippen molar-refractivity contribution in [1.29, 1.82) is 0 Å². The summed E-state index contributed by atoms with van der Waals surface area (Å²) in [6.45, 7) is 1.52. The van der Waals surface area contributed by atoms with Crippen LogP contribution in [0.15, 0.2) is 10.9 Å². The Hall–Kier alpha value is -0.940. The minimum atomic E-state index is -0.129. The van der Waals surface area contributed by atoms with E-state index in [9.17, 15) is 4.79 Å². The van der Waals surface area contributed by atoms with Crippen LogP contribution in [0.2, 0.25) is 0 Å². The third-order valence-electron chi connectivity index (χ3n) is 2.44. The third kappa shape index (κ3) is 2.10.